The van der Waals surface area contributed by atoms with Gasteiger partial charge in [-0.05, 0) is 12.8 Å². The molecule has 1 fully saturated rings. The smallest absolute Gasteiger partial charge is 0.0835 e. The molecule has 1 aliphatic heterocycles. The highest BCUT2D eigenvalue weighted by Gasteiger charge is 2.36. The number of aliphatic hydroxyl groups is 1. The predicted octanol–water partition coefficient (Wildman–Crippen LogP) is 1.21. The van der Waals surface area contributed by atoms with Crippen LogP contribution in [0.2, 0.25) is 0 Å². The molecule has 1 heterocycles. The average Bonchev–Trinajstić information content (AvgIpc) is 2.58. The van der Waals surface area contributed by atoms with Crippen LogP contribution in [0.4, 0.5) is 0 Å². The summed E-state index contributed by atoms with van der Waals surface area (Å²) >= 11 is 0. The molecular weight excluding hydrogens is 150 g/mol. The fraction of sp³-hybridized carbons (Fsp3) is 0.800. The first-order chi connectivity index (χ1) is 5.81. The largest absolute Gasteiger partial charge is 0.388 e. The Morgan fingerprint density at radius 3 is 2.58 bits per heavy atom. The SMILES string of the molecule is OC1(C2C=CCN2)CCCCC1. The van der Waals surface area contributed by atoms with Crippen molar-refractivity contribution in [3.05, 3.63) is 12.2 Å². The molecule has 68 valence electrons. The van der Waals surface area contributed by atoms with Crippen LogP contribution in [0.15, 0.2) is 12.2 Å². The highest BCUT2D eigenvalue weighted by atomic mass is 16.3. The molecule has 2 N–H and O–H groups in total. The van der Waals surface area contributed by atoms with E-state index < -0.39 is 5.60 Å². The van der Waals surface area contributed by atoms with Crippen LogP contribution in [0, 0.1) is 0 Å². The van der Waals surface area contributed by atoms with Crippen LogP contribution >= 0.6 is 0 Å². The molecule has 2 aliphatic rings. The molecule has 0 aromatic heterocycles. The zero-order valence-electron chi connectivity index (χ0n) is 7.42. The molecule has 2 rings (SSSR count). The van der Waals surface area contributed by atoms with Crippen LogP contribution in [0.25, 0.3) is 0 Å². The quantitative estimate of drug-likeness (QED) is 0.575. The lowest BCUT2D eigenvalue weighted by Gasteiger charge is -2.36. The third kappa shape index (κ3) is 1.41. The van der Waals surface area contributed by atoms with Crippen molar-refractivity contribution < 1.29 is 5.11 Å². The van der Waals surface area contributed by atoms with Gasteiger partial charge in [0, 0.05) is 6.54 Å². The summed E-state index contributed by atoms with van der Waals surface area (Å²) in [5.41, 5.74) is -0.439. The molecule has 1 aliphatic carbocycles. The Bertz CT molecular complexity index is 182. The van der Waals surface area contributed by atoms with Crippen LogP contribution in [-0.2, 0) is 0 Å². The summed E-state index contributed by atoms with van der Waals surface area (Å²) in [6.07, 6.45) is 9.82. The Morgan fingerprint density at radius 2 is 2.00 bits per heavy atom. The van der Waals surface area contributed by atoms with Crippen molar-refractivity contribution in [1.29, 1.82) is 0 Å². The van der Waals surface area contributed by atoms with Gasteiger partial charge in [0.1, 0.15) is 0 Å². The molecule has 0 saturated heterocycles. The van der Waals surface area contributed by atoms with Crippen molar-refractivity contribution in [2.24, 2.45) is 0 Å². The monoisotopic (exact) mass is 167 g/mol. The fourth-order valence-electron chi connectivity index (χ4n) is 2.31. The van der Waals surface area contributed by atoms with Crippen LogP contribution in [0.1, 0.15) is 32.1 Å². The van der Waals surface area contributed by atoms with Gasteiger partial charge >= 0.3 is 0 Å². The van der Waals surface area contributed by atoms with Gasteiger partial charge < -0.3 is 10.4 Å². The second kappa shape index (κ2) is 3.19. The van der Waals surface area contributed by atoms with Crippen LogP contribution < -0.4 is 5.32 Å². The molecule has 1 saturated carbocycles. The van der Waals surface area contributed by atoms with Crippen LogP contribution in [-0.4, -0.2) is 23.3 Å². The molecule has 0 spiro atoms. The summed E-state index contributed by atoms with van der Waals surface area (Å²) in [5.74, 6) is 0. The zero-order chi connectivity index (χ0) is 8.44. The van der Waals surface area contributed by atoms with Crippen molar-refractivity contribution in [2.45, 2.75) is 43.7 Å². The highest BCUT2D eigenvalue weighted by molar-refractivity contribution is 5.11. The van der Waals surface area contributed by atoms with E-state index >= 15 is 0 Å². The maximum atomic E-state index is 10.3. The molecule has 1 unspecified atom stereocenters. The van der Waals surface area contributed by atoms with Gasteiger partial charge in [0.15, 0.2) is 0 Å². The van der Waals surface area contributed by atoms with Gasteiger partial charge in [0.2, 0.25) is 0 Å². The minimum absolute atomic E-state index is 0.220. The Balaban J connectivity index is 2.02. The molecule has 0 radical (unpaired) electrons. The molecule has 2 nitrogen and oxygen atoms in total. The normalized spacial score (nSPS) is 33.9. The molecule has 1 atom stereocenters. The third-order valence-electron chi connectivity index (χ3n) is 3.08. The molecule has 0 amide bonds. The van der Waals surface area contributed by atoms with Gasteiger partial charge in [-0.3, -0.25) is 0 Å². The number of nitrogens with one attached hydrogen (secondary N) is 1. The lowest BCUT2D eigenvalue weighted by Crippen LogP contribution is -2.48. The average molecular weight is 167 g/mol. The Kier molecular flexibility index (Phi) is 2.20. The second-order valence-corrected chi connectivity index (χ2v) is 3.98. The molecule has 2 heteroatoms. The summed E-state index contributed by atoms with van der Waals surface area (Å²) in [5, 5.41) is 13.6. The number of rotatable bonds is 1. The first-order valence-corrected chi connectivity index (χ1v) is 4.94. The number of hydrogen-bond donors (Lipinski definition) is 2. The maximum absolute atomic E-state index is 10.3. The molecule has 0 aromatic rings. The minimum Gasteiger partial charge on any atom is -0.388 e. The van der Waals surface area contributed by atoms with E-state index in [0.717, 1.165) is 19.4 Å². The Hall–Kier alpha value is -0.340. The van der Waals surface area contributed by atoms with Gasteiger partial charge in [-0.15, -0.1) is 0 Å². The van der Waals surface area contributed by atoms with Crippen LogP contribution in [0.5, 0.6) is 0 Å². The first-order valence-electron chi connectivity index (χ1n) is 4.94. The van der Waals surface area contributed by atoms with Gasteiger partial charge in [-0.25, -0.2) is 0 Å². The fourth-order valence-corrected chi connectivity index (χ4v) is 2.31. The number of hydrogen-bond acceptors (Lipinski definition) is 2. The summed E-state index contributed by atoms with van der Waals surface area (Å²) in [6.45, 7) is 0.924. The second-order valence-electron chi connectivity index (χ2n) is 3.98. The summed E-state index contributed by atoms with van der Waals surface area (Å²) in [7, 11) is 0. The minimum atomic E-state index is -0.439. The van der Waals surface area contributed by atoms with E-state index in [2.05, 4.69) is 17.5 Å². The van der Waals surface area contributed by atoms with Gasteiger partial charge in [-0.2, -0.15) is 0 Å². The lowest BCUT2D eigenvalue weighted by molar-refractivity contribution is -0.0139. The van der Waals surface area contributed by atoms with E-state index in [1.54, 1.807) is 0 Å². The van der Waals surface area contributed by atoms with Crippen molar-refractivity contribution in [3.63, 3.8) is 0 Å². The topological polar surface area (TPSA) is 32.3 Å². The summed E-state index contributed by atoms with van der Waals surface area (Å²) in [4.78, 5) is 0. The van der Waals surface area contributed by atoms with E-state index in [0.29, 0.717) is 0 Å². The van der Waals surface area contributed by atoms with E-state index in [1.165, 1.54) is 19.3 Å². The van der Waals surface area contributed by atoms with Gasteiger partial charge in [0.25, 0.3) is 0 Å². The van der Waals surface area contributed by atoms with Crippen LogP contribution in [0.3, 0.4) is 0 Å². The van der Waals surface area contributed by atoms with Gasteiger partial charge in [-0.1, -0.05) is 31.4 Å². The van der Waals surface area contributed by atoms with Crippen molar-refractivity contribution in [3.8, 4) is 0 Å². The summed E-state index contributed by atoms with van der Waals surface area (Å²) < 4.78 is 0. The predicted molar refractivity (Wildman–Crippen MR) is 49.0 cm³/mol. The van der Waals surface area contributed by atoms with Crippen molar-refractivity contribution in [2.75, 3.05) is 6.54 Å². The lowest BCUT2D eigenvalue weighted by atomic mass is 9.80. The highest BCUT2D eigenvalue weighted by Crippen LogP contribution is 2.32. The van der Waals surface area contributed by atoms with E-state index in [-0.39, 0.29) is 6.04 Å². The third-order valence-corrected chi connectivity index (χ3v) is 3.08. The standard InChI is InChI=1S/C10H17NO/c12-10(6-2-1-3-7-10)9-5-4-8-11-9/h4-5,9,11-12H,1-3,6-8H2. The van der Waals surface area contributed by atoms with Crippen molar-refractivity contribution in [1.82, 2.24) is 5.32 Å². The van der Waals surface area contributed by atoms with E-state index in [9.17, 15) is 5.11 Å². The molecular formula is C10H17NO. The first kappa shape index (κ1) is 8.27. The molecule has 0 bridgehead atoms. The van der Waals surface area contributed by atoms with Crippen molar-refractivity contribution >= 4 is 0 Å². The zero-order valence-corrected chi connectivity index (χ0v) is 7.42. The maximum Gasteiger partial charge on any atom is 0.0835 e. The van der Waals surface area contributed by atoms with E-state index in [4.69, 9.17) is 0 Å². The summed E-state index contributed by atoms with van der Waals surface area (Å²) in [6, 6.07) is 0.220. The molecule has 0 aromatic carbocycles. The molecule has 12 heavy (non-hydrogen) atoms. The van der Waals surface area contributed by atoms with E-state index in [1.807, 2.05) is 0 Å². The Morgan fingerprint density at radius 1 is 1.25 bits per heavy atom. The van der Waals surface area contributed by atoms with Gasteiger partial charge in [0.05, 0.1) is 11.6 Å². The Labute approximate surface area is 73.7 Å².